The molecule has 1 aliphatic heterocycles. The van der Waals surface area contributed by atoms with E-state index in [1.54, 1.807) is 19.1 Å². The van der Waals surface area contributed by atoms with Gasteiger partial charge in [-0.25, -0.2) is 14.4 Å². The molecular formula is C24H26FN5O. The number of nitrogens with zero attached hydrogens (tertiary/aromatic N) is 4. The topological polar surface area (TPSA) is 85.0 Å². The molecule has 2 aromatic heterocycles. The molecule has 1 saturated heterocycles. The van der Waals surface area contributed by atoms with E-state index in [4.69, 9.17) is 10.7 Å². The fraction of sp³-hybridized carbons (Fsp3) is 0.333. The molecule has 7 heteroatoms. The number of aromatic nitrogens is 3. The third-order valence-electron chi connectivity index (χ3n) is 5.69. The predicted molar refractivity (Wildman–Crippen MR) is 117 cm³/mol. The van der Waals surface area contributed by atoms with Crippen LogP contribution in [0.2, 0.25) is 0 Å². The zero-order valence-corrected chi connectivity index (χ0v) is 17.8. The molecule has 160 valence electrons. The summed E-state index contributed by atoms with van der Waals surface area (Å²) in [7, 11) is 0. The maximum Gasteiger partial charge on any atom is 0.257 e. The second-order valence-corrected chi connectivity index (χ2v) is 8.17. The molecule has 4 rings (SSSR count). The van der Waals surface area contributed by atoms with Crippen molar-refractivity contribution in [1.82, 2.24) is 19.9 Å². The zero-order valence-electron chi connectivity index (χ0n) is 17.8. The van der Waals surface area contributed by atoms with Crippen molar-refractivity contribution >= 4 is 11.9 Å². The maximum absolute atomic E-state index is 13.6. The highest BCUT2D eigenvalue weighted by Gasteiger charge is 2.28. The van der Waals surface area contributed by atoms with Gasteiger partial charge in [-0.1, -0.05) is 12.1 Å². The molecule has 1 fully saturated rings. The summed E-state index contributed by atoms with van der Waals surface area (Å²) in [6.45, 7) is 5.03. The quantitative estimate of drug-likeness (QED) is 0.695. The van der Waals surface area contributed by atoms with E-state index >= 15 is 0 Å². The number of amides is 1. The van der Waals surface area contributed by atoms with E-state index in [-0.39, 0.29) is 23.6 Å². The summed E-state index contributed by atoms with van der Waals surface area (Å²) >= 11 is 0. The van der Waals surface area contributed by atoms with Crippen molar-refractivity contribution in [3.8, 4) is 0 Å². The smallest absolute Gasteiger partial charge is 0.257 e. The second kappa shape index (κ2) is 8.79. The Morgan fingerprint density at radius 1 is 1.19 bits per heavy atom. The third-order valence-corrected chi connectivity index (χ3v) is 5.69. The minimum atomic E-state index is -0.230. The number of nitrogen functional groups attached to an aromatic ring is 1. The van der Waals surface area contributed by atoms with E-state index in [2.05, 4.69) is 16.0 Å². The van der Waals surface area contributed by atoms with Crippen molar-refractivity contribution < 1.29 is 9.18 Å². The summed E-state index contributed by atoms with van der Waals surface area (Å²) in [5.74, 6) is 0.0148. The lowest BCUT2D eigenvalue weighted by atomic mass is 9.92. The number of hydrogen-bond donors (Lipinski definition) is 1. The van der Waals surface area contributed by atoms with Gasteiger partial charge in [-0.3, -0.25) is 9.78 Å². The van der Waals surface area contributed by atoms with E-state index in [0.29, 0.717) is 30.8 Å². The Bertz CT molecular complexity index is 1120. The highest BCUT2D eigenvalue weighted by atomic mass is 19.1. The lowest BCUT2D eigenvalue weighted by molar-refractivity contribution is 0.0704. The van der Waals surface area contributed by atoms with Crippen molar-refractivity contribution in [2.45, 2.75) is 39.0 Å². The summed E-state index contributed by atoms with van der Waals surface area (Å²) in [6.07, 6.45) is 4.02. The Morgan fingerprint density at radius 2 is 2.03 bits per heavy atom. The highest BCUT2D eigenvalue weighted by molar-refractivity contribution is 5.95. The van der Waals surface area contributed by atoms with Crippen LogP contribution in [-0.4, -0.2) is 38.8 Å². The van der Waals surface area contributed by atoms with E-state index in [0.717, 1.165) is 35.4 Å². The number of carbonyl (C=O) groups excluding carboxylic acids is 1. The van der Waals surface area contributed by atoms with Gasteiger partial charge in [0.2, 0.25) is 5.95 Å². The minimum Gasteiger partial charge on any atom is -0.368 e. The van der Waals surface area contributed by atoms with E-state index in [9.17, 15) is 9.18 Å². The zero-order chi connectivity index (χ0) is 22.0. The average Bonchev–Trinajstić information content (AvgIpc) is 2.73. The van der Waals surface area contributed by atoms with Crippen LogP contribution in [0, 0.1) is 19.7 Å². The van der Waals surface area contributed by atoms with Crippen molar-refractivity contribution in [3.05, 3.63) is 82.2 Å². The highest BCUT2D eigenvalue weighted by Crippen LogP contribution is 2.28. The number of anilines is 1. The molecule has 0 radical (unpaired) electrons. The van der Waals surface area contributed by atoms with Gasteiger partial charge in [0.25, 0.3) is 5.91 Å². The van der Waals surface area contributed by atoms with Gasteiger partial charge in [0.15, 0.2) is 0 Å². The molecule has 6 nitrogen and oxygen atoms in total. The largest absolute Gasteiger partial charge is 0.368 e. The van der Waals surface area contributed by atoms with Crippen LogP contribution in [0.15, 0.2) is 42.6 Å². The predicted octanol–water partition coefficient (Wildman–Crippen LogP) is 3.82. The number of aryl methyl sites for hydroxylation is 2. The second-order valence-electron chi connectivity index (χ2n) is 8.17. The Hall–Kier alpha value is -3.35. The van der Waals surface area contributed by atoms with Crippen molar-refractivity contribution in [3.63, 3.8) is 0 Å². The normalized spacial score (nSPS) is 16.4. The number of halogens is 1. The fourth-order valence-corrected chi connectivity index (χ4v) is 4.23. The van der Waals surface area contributed by atoms with E-state index in [1.165, 1.54) is 12.3 Å². The van der Waals surface area contributed by atoms with Crippen LogP contribution in [0.1, 0.15) is 57.3 Å². The minimum absolute atomic E-state index is 0.0742. The molecule has 31 heavy (non-hydrogen) atoms. The maximum atomic E-state index is 13.6. The van der Waals surface area contributed by atoms with Gasteiger partial charge < -0.3 is 10.6 Å². The molecule has 1 amide bonds. The molecule has 1 aromatic carbocycles. The van der Waals surface area contributed by atoms with Crippen LogP contribution in [0.25, 0.3) is 0 Å². The number of rotatable bonds is 4. The Kier molecular flexibility index (Phi) is 5.93. The summed E-state index contributed by atoms with van der Waals surface area (Å²) in [5.41, 5.74) is 10.6. The first-order chi connectivity index (χ1) is 14.9. The summed E-state index contributed by atoms with van der Waals surface area (Å²) in [6, 6.07) is 10.8. The number of hydrogen-bond acceptors (Lipinski definition) is 5. The summed E-state index contributed by atoms with van der Waals surface area (Å²) < 4.78 is 13.6. The summed E-state index contributed by atoms with van der Waals surface area (Å²) in [5, 5.41) is 0. The molecule has 0 bridgehead atoms. The number of carbonyl (C=O) groups is 1. The number of likely N-dealkylation sites (tertiary alicyclic amines) is 1. The van der Waals surface area contributed by atoms with Crippen LogP contribution in [0.5, 0.6) is 0 Å². The van der Waals surface area contributed by atoms with Crippen molar-refractivity contribution in [2.24, 2.45) is 0 Å². The van der Waals surface area contributed by atoms with Gasteiger partial charge in [-0.05, 0) is 68.5 Å². The molecule has 3 aromatic rings. The molecule has 1 atom stereocenters. The SMILES string of the molecule is Cc1cc(Cc2cccc(F)c2)cc([C@H]2CCCN(C(=O)c3cnc(N)nc3C)C2)n1. The third kappa shape index (κ3) is 4.87. The monoisotopic (exact) mass is 419 g/mol. The number of nitrogens with two attached hydrogens (primary N) is 1. The molecule has 0 spiro atoms. The van der Waals surface area contributed by atoms with Gasteiger partial charge in [-0.2, -0.15) is 0 Å². The Morgan fingerprint density at radius 3 is 2.81 bits per heavy atom. The average molecular weight is 420 g/mol. The summed E-state index contributed by atoms with van der Waals surface area (Å²) in [4.78, 5) is 27.8. The first kappa shape index (κ1) is 20.9. The van der Waals surface area contributed by atoms with Gasteiger partial charge in [0.05, 0.1) is 11.3 Å². The van der Waals surface area contributed by atoms with Crippen LogP contribution >= 0.6 is 0 Å². The first-order valence-corrected chi connectivity index (χ1v) is 10.5. The molecule has 2 N–H and O–H groups in total. The lowest BCUT2D eigenvalue weighted by Gasteiger charge is -2.33. The van der Waals surface area contributed by atoms with Crippen molar-refractivity contribution in [1.29, 1.82) is 0 Å². The number of pyridine rings is 1. The van der Waals surface area contributed by atoms with Crippen LogP contribution in [0.3, 0.4) is 0 Å². The molecule has 3 heterocycles. The number of benzene rings is 1. The molecule has 1 aliphatic rings. The molecule has 0 saturated carbocycles. The van der Waals surface area contributed by atoms with E-state index < -0.39 is 0 Å². The van der Waals surface area contributed by atoms with Crippen LogP contribution in [0.4, 0.5) is 10.3 Å². The van der Waals surface area contributed by atoms with Gasteiger partial charge >= 0.3 is 0 Å². The number of piperidine rings is 1. The Balaban J connectivity index is 1.54. The van der Waals surface area contributed by atoms with Crippen LogP contribution < -0.4 is 5.73 Å². The standard InChI is InChI=1S/C24H26FN5O/c1-15-9-18(10-17-5-3-7-20(25)11-17)12-22(28-15)19-6-4-8-30(14-19)23(31)21-13-27-24(26)29-16(21)2/h3,5,7,9,11-13,19H,4,6,8,10,14H2,1-2H3,(H2,26,27,29)/t19-/m0/s1. The Labute approximate surface area is 181 Å². The van der Waals surface area contributed by atoms with E-state index in [1.807, 2.05) is 24.0 Å². The van der Waals surface area contributed by atoms with Crippen molar-refractivity contribution in [2.75, 3.05) is 18.8 Å². The van der Waals surface area contributed by atoms with Crippen LogP contribution in [-0.2, 0) is 6.42 Å². The van der Waals surface area contributed by atoms with Gasteiger partial charge in [-0.15, -0.1) is 0 Å². The first-order valence-electron chi connectivity index (χ1n) is 10.5. The molecular weight excluding hydrogens is 393 g/mol. The fourth-order valence-electron chi connectivity index (χ4n) is 4.23. The molecule has 0 unspecified atom stereocenters. The van der Waals surface area contributed by atoms with Gasteiger partial charge in [0.1, 0.15) is 5.82 Å². The van der Waals surface area contributed by atoms with Gasteiger partial charge in [0, 0.05) is 36.6 Å². The molecule has 0 aliphatic carbocycles. The lowest BCUT2D eigenvalue weighted by Crippen LogP contribution is -2.39.